The van der Waals surface area contributed by atoms with Crippen LogP contribution in [0.3, 0.4) is 0 Å². The molecule has 1 N–H and O–H groups in total. The van der Waals surface area contributed by atoms with Gasteiger partial charge in [0.25, 0.3) is 10.0 Å². The van der Waals surface area contributed by atoms with Crippen molar-refractivity contribution in [2.45, 2.75) is 68.2 Å². The van der Waals surface area contributed by atoms with E-state index in [1.165, 1.54) is 29.2 Å². The van der Waals surface area contributed by atoms with Crippen molar-refractivity contribution in [2.24, 2.45) is 0 Å². The monoisotopic (exact) mass is 745 g/mol. The Balaban J connectivity index is 1.60. The largest absolute Gasteiger partial charge is 0.417 e. The molecule has 1 aliphatic carbocycles. The van der Waals surface area contributed by atoms with Crippen LogP contribution in [0.4, 0.5) is 18.9 Å². The number of rotatable bonds is 12. The second-order valence-corrected chi connectivity index (χ2v) is 14.9. The van der Waals surface area contributed by atoms with E-state index < -0.39 is 56.9 Å². The van der Waals surface area contributed by atoms with E-state index in [9.17, 15) is 31.2 Å². The second-order valence-electron chi connectivity index (χ2n) is 12.2. The molecule has 2 amide bonds. The van der Waals surface area contributed by atoms with Crippen LogP contribution in [-0.4, -0.2) is 43.8 Å². The fourth-order valence-corrected chi connectivity index (χ4v) is 7.80. The average molecular weight is 747 g/mol. The molecular weight excluding hydrogens is 710 g/mol. The molecule has 0 heterocycles. The van der Waals surface area contributed by atoms with Gasteiger partial charge in [-0.1, -0.05) is 103 Å². The topological polar surface area (TPSA) is 86.8 Å². The number of alkyl halides is 3. The number of anilines is 1. The maximum absolute atomic E-state index is 14.6. The zero-order valence-electron chi connectivity index (χ0n) is 27.0. The van der Waals surface area contributed by atoms with Gasteiger partial charge in [0.05, 0.1) is 21.2 Å². The molecule has 50 heavy (non-hydrogen) atoms. The van der Waals surface area contributed by atoms with E-state index in [2.05, 4.69) is 5.32 Å². The van der Waals surface area contributed by atoms with Gasteiger partial charge >= 0.3 is 6.18 Å². The van der Waals surface area contributed by atoms with E-state index in [4.69, 9.17) is 23.2 Å². The van der Waals surface area contributed by atoms with Gasteiger partial charge in [-0.15, -0.1) is 0 Å². The van der Waals surface area contributed by atoms with Gasteiger partial charge < -0.3 is 10.2 Å². The summed E-state index contributed by atoms with van der Waals surface area (Å²) in [6, 6.07) is 24.3. The lowest BCUT2D eigenvalue weighted by atomic mass is 9.94. The van der Waals surface area contributed by atoms with Gasteiger partial charge in [0.1, 0.15) is 12.6 Å². The zero-order valence-corrected chi connectivity index (χ0v) is 29.3. The summed E-state index contributed by atoms with van der Waals surface area (Å²) in [6.07, 6.45) is -0.259. The number of carbonyl (C=O) groups is 2. The smallest absolute Gasteiger partial charge is 0.352 e. The Bertz CT molecular complexity index is 1870. The third kappa shape index (κ3) is 9.38. The molecule has 1 atom stereocenters. The summed E-state index contributed by atoms with van der Waals surface area (Å²) in [5.41, 5.74) is -0.318. The summed E-state index contributed by atoms with van der Waals surface area (Å²) in [6.45, 7) is -1.02. The Morgan fingerprint density at radius 3 is 2.06 bits per heavy atom. The molecule has 5 rings (SSSR count). The van der Waals surface area contributed by atoms with Crippen LogP contribution >= 0.6 is 23.2 Å². The quantitative estimate of drug-likeness (QED) is 0.158. The van der Waals surface area contributed by atoms with Crippen LogP contribution in [0.25, 0.3) is 0 Å². The minimum absolute atomic E-state index is 0.0909. The number of nitrogens with one attached hydrogen (secondary N) is 1. The fourth-order valence-electron chi connectivity index (χ4n) is 6.02. The van der Waals surface area contributed by atoms with Crippen molar-refractivity contribution in [1.29, 1.82) is 0 Å². The summed E-state index contributed by atoms with van der Waals surface area (Å²) >= 11 is 12.0. The Labute approximate surface area is 300 Å². The summed E-state index contributed by atoms with van der Waals surface area (Å²) in [5, 5.41) is 2.94. The predicted octanol–water partition coefficient (Wildman–Crippen LogP) is 8.30. The van der Waals surface area contributed by atoms with Crippen molar-refractivity contribution in [2.75, 3.05) is 10.8 Å². The lowest BCUT2D eigenvalue weighted by Crippen LogP contribution is -2.55. The highest BCUT2D eigenvalue weighted by molar-refractivity contribution is 7.92. The number of carbonyl (C=O) groups excluding carboxylic acids is 2. The van der Waals surface area contributed by atoms with Crippen LogP contribution in [0, 0.1) is 0 Å². The first kappa shape index (κ1) is 37.2. The van der Waals surface area contributed by atoms with Gasteiger partial charge in [-0.25, -0.2) is 8.42 Å². The molecule has 1 aliphatic rings. The van der Waals surface area contributed by atoms with Crippen molar-refractivity contribution in [1.82, 2.24) is 10.2 Å². The first-order valence-corrected chi connectivity index (χ1v) is 18.4. The number of hydrogen-bond donors (Lipinski definition) is 1. The maximum Gasteiger partial charge on any atom is 0.417 e. The maximum atomic E-state index is 14.6. The molecule has 0 bridgehead atoms. The minimum atomic E-state index is -4.90. The lowest BCUT2D eigenvalue weighted by molar-refractivity contribution is -0.140. The minimum Gasteiger partial charge on any atom is -0.352 e. The van der Waals surface area contributed by atoms with Gasteiger partial charge in [0, 0.05) is 24.0 Å². The molecule has 0 saturated heterocycles. The molecule has 0 aromatic heterocycles. The van der Waals surface area contributed by atoms with Gasteiger partial charge in [-0.05, 0) is 66.4 Å². The lowest BCUT2D eigenvalue weighted by Gasteiger charge is -2.35. The Morgan fingerprint density at radius 2 is 1.44 bits per heavy atom. The van der Waals surface area contributed by atoms with Gasteiger partial charge in [0.2, 0.25) is 11.8 Å². The molecular formula is C37H36Cl2F3N3O4S. The third-order valence-corrected chi connectivity index (χ3v) is 11.0. The highest BCUT2D eigenvalue weighted by Gasteiger charge is 2.38. The van der Waals surface area contributed by atoms with Crippen LogP contribution in [0.5, 0.6) is 0 Å². The molecule has 1 fully saturated rings. The highest BCUT2D eigenvalue weighted by atomic mass is 35.5. The number of sulfonamides is 1. The number of halogens is 5. The van der Waals surface area contributed by atoms with Crippen molar-refractivity contribution < 1.29 is 31.2 Å². The van der Waals surface area contributed by atoms with E-state index in [0.29, 0.717) is 21.0 Å². The standard InChI is InChI=1S/C37H36Cl2F3N3O4S/c38-28-18-16-27(17-19-28)24-44(34(22-26-10-4-1-5-11-26)36(47)43-29-12-6-2-7-13-29)35(46)25-45(50(48,49)31-14-8-3-9-15-31)30-20-21-33(39)32(23-30)37(40,41)42/h1,3-5,8-11,14-21,23,29,34H,2,6-7,12-13,22,24-25H2,(H,43,47)/t34-/m0/s1. The second kappa shape index (κ2) is 16.3. The molecule has 1 saturated carbocycles. The van der Waals surface area contributed by atoms with E-state index in [-0.39, 0.29) is 23.9 Å². The summed E-state index contributed by atoms with van der Waals surface area (Å²) in [5.74, 6) is -1.21. The number of benzene rings is 4. The van der Waals surface area contributed by atoms with Crippen LogP contribution < -0.4 is 9.62 Å². The number of hydrogen-bond acceptors (Lipinski definition) is 4. The van der Waals surface area contributed by atoms with Crippen molar-refractivity contribution in [3.63, 3.8) is 0 Å². The number of nitrogens with zero attached hydrogens (tertiary/aromatic N) is 2. The fraction of sp³-hybridized carbons (Fsp3) is 0.297. The average Bonchev–Trinajstić information content (AvgIpc) is 3.10. The first-order chi connectivity index (χ1) is 23.8. The van der Waals surface area contributed by atoms with Gasteiger partial charge in [0.15, 0.2) is 0 Å². The van der Waals surface area contributed by atoms with Gasteiger partial charge in [-0.2, -0.15) is 13.2 Å². The predicted molar refractivity (Wildman–Crippen MR) is 188 cm³/mol. The normalized spacial score (nSPS) is 14.5. The van der Waals surface area contributed by atoms with E-state index >= 15 is 0 Å². The van der Waals surface area contributed by atoms with Crippen LogP contribution in [-0.2, 0) is 38.8 Å². The molecule has 264 valence electrons. The van der Waals surface area contributed by atoms with E-state index in [1.807, 2.05) is 30.3 Å². The van der Waals surface area contributed by atoms with Crippen molar-refractivity contribution >= 4 is 50.7 Å². The molecule has 7 nitrogen and oxygen atoms in total. The third-order valence-electron chi connectivity index (χ3n) is 8.64. The van der Waals surface area contributed by atoms with E-state index in [1.54, 1.807) is 30.3 Å². The van der Waals surface area contributed by atoms with Crippen LogP contribution in [0.15, 0.2) is 108 Å². The number of amides is 2. The Kier molecular flexibility index (Phi) is 12.1. The molecule has 4 aromatic carbocycles. The molecule has 4 aromatic rings. The Hall–Kier alpha value is -4.06. The van der Waals surface area contributed by atoms with Crippen molar-refractivity contribution in [3.8, 4) is 0 Å². The summed E-state index contributed by atoms with van der Waals surface area (Å²) < 4.78 is 70.9. The molecule has 0 radical (unpaired) electrons. The molecule has 0 spiro atoms. The molecule has 13 heteroatoms. The first-order valence-electron chi connectivity index (χ1n) is 16.2. The van der Waals surface area contributed by atoms with Crippen LogP contribution in [0.1, 0.15) is 48.8 Å². The SMILES string of the molecule is O=C(NC1CCCCC1)[C@H](Cc1ccccc1)N(Cc1ccc(Cl)cc1)C(=O)CN(c1ccc(Cl)c(C(F)(F)F)c1)S(=O)(=O)c1ccccc1. The molecule has 0 aliphatic heterocycles. The summed E-state index contributed by atoms with van der Waals surface area (Å²) in [4.78, 5) is 29.8. The Morgan fingerprint density at radius 1 is 0.820 bits per heavy atom. The van der Waals surface area contributed by atoms with Crippen LogP contribution in [0.2, 0.25) is 10.0 Å². The molecule has 0 unspecified atom stereocenters. The van der Waals surface area contributed by atoms with Crippen molar-refractivity contribution in [3.05, 3.63) is 130 Å². The highest BCUT2D eigenvalue weighted by Crippen LogP contribution is 2.38. The van der Waals surface area contributed by atoms with E-state index in [0.717, 1.165) is 49.8 Å². The summed E-state index contributed by atoms with van der Waals surface area (Å²) in [7, 11) is -4.61. The zero-order chi connectivity index (χ0) is 35.9. The van der Waals surface area contributed by atoms with Gasteiger partial charge in [-0.3, -0.25) is 13.9 Å².